The summed E-state index contributed by atoms with van der Waals surface area (Å²) >= 11 is 1.26. The van der Waals surface area contributed by atoms with E-state index in [0.717, 1.165) is 4.90 Å². The second-order valence-electron chi connectivity index (χ2n) is 7.22. The zero-order valence-electron chi connectivity index (χ0n) is 19.2. The van der Waals surface area contributed by atoms with Crippen molar-refractivity contribution in [2.24, 2.45) is 5.73 Å². The largest absolute Gasteiger partial charge is 0.497 e. The fourth-order valence-corrected chi connectivity index (χ4v) is 3.76. The fourth-order valence-electron chi connectivity index (χ4n) is 3.07. The average Bonchev–Trinajstić information content (AvgIpc) is 2.87. The van der Waals surface area contributed by atoms with Gasteiger partial charge in [-0.25, -0.2) is 0 Å². The molecule has 180 valence electrons. The second kappa shape index (κ2) is 12.3. The highest BCUT2D eigenvalue weighted by Gasteiger charge is 2.17. The van der Waals surface area contributed by atoms with E-state index in [1.165, 1.54) is 32.1 Å². The van der Waals surface area contributed by atoms with Gasteiger partial charge in [0.15, 0.2) is 0 Å². The number of carbonyl (C=O) groups is 3. The number of nitrogens with two attached hydrogens (primary N) is 1. The van der Waals surface area contributed by atoms with E-state index in [2.05, 4.69) is 10.6 Å². The monoisotopic (exact) mass is 491 g/mol. The summed E-state index contributed by atoms with van der Waals surface area (Å²) < 4.78 is 10.7. The minimum Gasteiger partial charge on any atom is -0.497 e. The number of methoxy groups -OCH3 is 2. The molecule has 0 fully saturated rings. The number of benzene rings is 3. The van der Waals surface area contributed by atoms with Gasteiger partial charge in [0.1, 0.15) is 17.2 Å². The van der Waals surface area contributed by atoms with Crippen molar-refractivity contribution in [1.29, 1.82) is 0 Å². The standard InChI is InChI=1S/C26H25N3O5S/c1-33-20-11-12-23(34-2)18(13-20)14-22(29-25(31)17-7-4-3-5-8-17)26(32)28-19-9-6-10-21(15-19)35-16-24(27)30/h3-15H,16H2,1-2H3,(H2,27,30)(H,28,32)(H,29,31)/b22-14+. The van der Waals surface area contributed by atoms with Crippen LogP contribution in [0.5, 0.6) is 11.5 Å². The fraction of sp³-hybridized carbons (Fsp3) is 0.115. The third-order valence-corrected chi connectivity index (χ3v) is 5.75. The lowest BCUT2D eigenvalue weighted by Crippen LogP contribution is -2.30. The van der Waals surface area contributed by atoms with Crippen molar-refractivity contribution in [2.75, 3.05) is 25.3 Å². The zero-order chi connectivity index (χ0) is 25.2. The molecular weight excluding hydrogens is 466 g/mol. The third-order valence-electron chi connectivity index (χ3n) is 4.74. The van der Waals surface area contributed by atoms with Crippen molar-refractivity contribution < 1.29 is 23.9 Å². The minimum atomic E-state index is -0.545. The summed E-state index contributed by atoms with van der Waals surface area (Å²) in [4.78, 5) is 38.0. The molecule has 0 aliphatic rings. The highest BCUT2D eigenvalue weighted by Crippen LogP contribution is 2.27. The van der Waals surface area contributed by atoms with Crippen molar-refractivity contribution in [3.8, 4) is 11.5 Å². The van der Waals surface area contributed by atoms with Crippen LogP contribution >= 0.6 is 11.8 Å². The Bertz CT molecular complexity index is 1240. The number of hydrogen-bond acceptors (Lipinski definition) is 6. The van der Waals surface area contributed by atoms with E-state index in [9.17, 15) is 14.4 Å². The summed E-state index contributed by atoms with van der Waals surface area (Å²) in [6, 6.07) is 20.7. The number of anilines is 1. The first kappa shape index (κ1) is 25.4. The third kappa shape index (κ3) is 7.38. The van der Waals surface area contributed by atoms with Crippen LogP contribution in [0.3, 0.4) is 0 Å². The maximum absolute atomic E-state index is 13.3. The summed E-state index contributed by atoms with van der Waals surface area (Å²) in [5, 5.41) is 5.48. The normalized spacial score (nSPS) is 10.9. The van der Waals surface area contributed by atoms with Gasteiger partial charge in [0.05, 0.1) is 20.0 Å². The number of carbonyl (C=O) groups excluding carboxylic acids is 3. The first-order valence-corrected chi connectivity index (χ1v) is 11.5. The van der Waals surface area contributed by atoms with Gasteiger partial charge in [-0.15, -0.1) is 11.8 Å². The van der Waals surface area contributed by atoms with Crippen LogP contribution in [0.4, 0.5) is 5.69 Å². The minimum absolute atomic E-state index is 0.000554. The molecule has 0 saturated heterocycles. The van der Waals surface area contributed by atoms with Crippen LogP contribution < -0.4 is 25.8 Å². The molecule has 0 spiro atoms. The van der Waals surface area contributed by atoms with E-state index in [1.54, 1.807) is 72.8 Å². The molecule has 0 aromatic heterocycles. The Hall–Kier alpha value is -4.24. The van der Waals surface area contributed by atoms with Gasteiger partial charge >= 0.3 is 0 Å². The Morgan fingerprint density at radius 3 is 2.40 bits per heavy atom. The Morgan fingerprint density at radius 2 is 1.71 bits per heavy atom. The Balaban J connectivity index is 1.93. The van der Waals surface area contributed by atoms with E-state index in [-0.39, 0.29) is 11.4 Å². The molecule has 0 radical (unpaired) electrons. The molecule has 8 nitrogen and oxygen atoms in total. The molecule has 3 aromatic carbocycles. The highest BCUT2D eigenvalue weighted by molar-refractivity contribution is 8.00. The van der Waals surface area contributed by atoms with Crippen molar-refractivity contribution >= 4 is 41.2 Å². The summed E-state index contributed by atoms with van der Waals surface area (Å²) in [5.74, 6) is -0.257. The maximum atomic E-state index is 13.3. The van der Waals surface area contributed by atoms with E-state index >= 15 is 0 Å². The van der Waals surface area contributed by atoms with Crippen molar-refractivity contribution in [2.45, 2.75) is 4.90 Å². The molecule has 4 N–H and O–H groups in total. The molecule has 3 amide bonds. The SMILES string of the molecule is COc1ccc(OC)c(/C=C(/NC(=O)c2ccccc2)C(=O)Nc2cccc(SCC(N)=O)c2)c1. The van der Waals surface area contributed by atoms with Gasteiger partial charge in [-0.2, -0.15) is 0 Å². The quantitative estimate of drug-likeness (QED) is 0.294. The number of nitrogens with one attached hydrogen (secondary N) is 2. The number of rotatable bonds is 10. The number of amides is 3. The van der Waals surface area contributed by atoms with Gasteiger partial charge in [0.25, 0.3) is 11.8 Å². The van der Waals surface area contributed by atoms with Gasteiger partial charge in [-0.05, 0) is 54.6 Å². The lowest BCUT2D eigenvalue weighted by molar-refractivity contribution is -0.115. The smallest absolute Gasteiger partial charge is 0.272 e. The highest BCUT2D eigenvalue weighted by atomic mass is 32.2. The first-order chi connectivity index (χ1) is 16.9. The van der Waals surface area contributed by atoms with Gasteiger partial charge < -0.3 is 25.8 Å². The van der Waals surface area contributed by atoms with E-state index in [0.29, 0.717) is 28.3 Å². The van der Waals surface area contributed by atoms with Gasteiger partial charge in [0, 0.05) is 21.7 Å². The Kier molecular flexibility index (Phi) is 8.91. The summed E-state index contributed by atoms with van der Waals surface area (Å²) in [5.41, 5.74) is 6.64. The van der Waals surface area contributed by atoms with Crippen LogP contribution in [0.25, 0.3) is 6.08 Å². The van der Waals surface area contributed by atoms with Crippen LogP contribution in [-0.4, -0.2) is 37.7 Å². The topological polar surface area (TPSA) is 120 Å². The van der Waals surface area contributed by atoms with E-state index in [4.69, 9.17) is 15.2 Å². The van der Waals surface area contributed by atoms with Crippen molar-refractivity contribution in [3.63, 3.8) is 0 Å². The Labute approximate surface area is 207 Å². The molecule has 0 saturated carbocycles. The predicted molar refractivity (Wildman–Crippen MR) is 136 cm³/mol. The van der Waals surface area contributed by atoms with Crippen molar-refractivity contribution in [1.82, 2.24) is 5.32 Å². The van der Waals surface area contributed by atoms with Crippen LogP contribution in [0.2, 0.25) is 0 Å². The van der Waals surface area contributed by atoms with Crippen LogP contribution in [0.15, 0.2) is 83.4 Å². The summed E-state index contributed by atoms with van der Waals surface area (Å²) in [6.07, 6.45) is 1.52. The molecule has 9 heteroatoms. The molecule has 3 aromatic rings. The molecule has 0 aliphatic carbocycles. The van der Waals surface area contributed by atoms with Gasteiger partial charge in [0.2, 0.25) is 5.91 Å². The zero-order valence-corrected chi connectivity index (χ0v) is 20.1. The van der Waals surface area contributed by atoms with Crippen LogP contribution in [0, 0.1) is 0 Å². The van der Waals surface area contributed by atoms with Crippen LogP contribution in [-0.2, 0) is 9.59 Å². The molecule has 0 bridgehead atoms. The number of thioether (sulfide) groups is 1. The molecule has 0 unspecified atom stereocenters. The first-order valence-electron chi connectivity index (χ1n) is 10.5. The molecule has 35 heavy (non-hydrogen) atoms. The van der Waals surface area contributed by atoms with Crippen molar-refractivity contribution in [3.05, 3.63) is 89.6 Å². The number of primary amides is 1. The lowest BCUT2D eigenvalue weighted by atomic mass is 10.1. The molecule has 0 atom stereocenters. The lowest BCUT2D eigenvalue weighted by Gasteiger charge is -2.13. The van der Waals surface area contributed by atoms with Gasteiger partial charge in [-0.3, -0.25) is 14.4 Å². The average molecular weight is 492 g/mol. The molecule has 0 heterocycles. The van der Waals surface area contributed by atoms with E-state index in [1.807, 2.05) is 0 Å². The molecule has 3 rings (SSSR count). The second-order valence-corrected chi connectivity index (χ2v) is 8.27. The molecule has 0 aliphatic heterocycles. The van der Waals surface area contributed by atoms with Crippen LogP contribution in [0.1, 0.15) is 15.9 Å². The van der Waals surface area contributed by atoms with Gasteiger partial charge in [-0.1, -0.05) is 24.3 Å². The summed E-state index contributed by atoms with van der Waals surface area (Å²) in [6.45, 7) is 0. The molecular formula is C26H25N3O5S. The number of hydrogen-bond donors (Lipinski definition) is 3. The maximum Gasteiger partial charge on any atom is 0.272 e. The number of ether oxygens (including phenoxy) is 2. The summed E-state index contributed by atoms with van der Waals surface area (Å²) in [7, 11) is 3.04. The van der Waals surface area contributed by atoms with E-state index < -0.39 is 17.7 Å². The predicted octanol–water partition coefficient (Wildman–Crippen LogP) is 3.69. The Morgan fingerprint density at radius 1 is 0.943 bits per heavy atom.